The summed E-state index contributed by atoms with van der Waals surface area (Å²) in [6.07, 6.45) is 0. The summed E-state index contributed by atoms with van der Waals surface area (Å²) in [6, 6.07) is 13.8. The summed E-state index contributed by atoms with van der Waals surface area (Å²) >= 11 is 48.7. The van der Waals surface area contributed by atoms with E-state index in [1.165, 1.54) is 0 Å². The minimum absolute atomic E-state index is 0.316. The Morgan fingerprint density at radius 3 is 1.02 bits per heavy atom. The first-order valence-corrected chi connectivity index (χ1v) is 24.6. The number of rotatable bonds is 0. The summed E-state index contributed by atoms with van der Waals surface area (Å²) in [5.41, 5.74) is 3.40. The Labute approximate surface area is 332 Å². The molecule has 2 aromatic heterocycles. The Morgan fingerprint density at radius 2 is 0.660 bits per heavy atom. The molecule has 0 atom stereocenters. The van der Waals surface area contributed by atoms with Crippen LogP contribution in [0.1, 0.15) is 22.3 Å². The van der Waals surface area contributed by atoms with Gasteiger partial charge in [0.2, 0.25) is 0 Å². The zero-order chi connectivity index (χ0) is 34.5. The summed E-state index contributed by atoms with van der Waals surface area (Å²) in [5.74, 6) is 2.27. The van der Waals surface area contributed by atoms with E-state index in [9.17, 15) is 0 Å². The summed E-state index contributed by atoms with van der Waals surface area (Å²) in [7, 11) is 7.87. The van der Waals surface area contributed by atoms with Gasteiger partial charge in [-0.2, -0.15) is 0 Å². The predicted molar refractivity (Wildman–Crippen MR) is 207 cm³/mol. The van der Waals surface area contributed by atoms with Crippen molar-refractivity contribution in [2.45, 2.75) is 0 Å². The van der Waals surface area contributed by atoms with Gasteiger partial charge in [-0.15, -0.1) is 0 Å². The third-order valence-corrected chi connectivity index (χ3v) is 19.5. The van der Waals surface area contributed by atoms with Crippen molar-refractivity contribution in [2.75, 3.05) is 0 Å². The monoisotopic (exact) mass is 934 g/mol. The molecule has 4 aliphatic rings. The van der Waals surface area contributed by atoms with Crippen LogP contribution in [0.15, 0.2) is 78.5 Å². The van der Waals surface area contributed by atoms with Gasteiger partial charge >= 0.3 is 336 Å². The van der Waals surface area contributed by atoms with E-state index in [-0.39, 0.29) is 0 Å². The molecule has 0 radical (unpaired) electrons. The van der Waals surface area contributed by atoms with Crippen LogP contribution in [0.25, 0.3) is 21.5 Å². The maximum atomic E-state index is 7.87. The van der Waals surface area contributed by atoms with Gasteiger partial charge in [-0.1, -0.05) is 0 Å². The average molecular weight is 938 g/mol. The normalized spacial score (nSPS) is 15.3. The van der Waals surface area contributed by atoms with E-state index in [2.05, 4.69) is 0 Å². The molecule has 18 heteroatoms. The number of benzene rings is 4. The van der Waals surface area contributed by atoms with Crippen molar-refractivity contribution in [1.29, 1.82) is 0 Å². The van der Waals surface area contributed by atoms with Crippen molar-refractivity contribution in [1.82, 2.24) is 5.11 Å². The van der Waals surface area contributed by atoms with E-state index >= 15 is 0 Å². The van der Waals surface area contributed by atoms with Crippen LogP contribution < -0.4 is 11.0 Å². The maximum absolute atomic E-state index is 7.87. The van der Waals surface area contributed by atoms with Crippen molar-refractivity contribution in [3.8, 4) is 0 Å². The SMILES string of the molecule is Clc1cc2c(cc1Cl)C1=Nc3c4cc(Cl)c(Cl)cc4c4[n]3[In]([Cl])[n]3c(c5cc(Cl)c(Cl)cc5c3=NC3=NC(=N4)c4cc(Cl)c(Cl)cc43)=NC2=N1. The van der Waals surface area contributed by atoms with Gasteiger partial charge < -0.3 is 0 Å². The van der Waals surface area contributed by atoms with Crippen LogP contribution in [-0.4, -0.2) is 49.3 Å². The first-order valence-electron chi connectivity index (χ1n) is 14.4. The summed E-state index contributed by atoms with van der Waals surface area (Å²) in [6.45, 7) is 0. The molecule has 0 N–H and O–H groups in total. The Hall–Kier alpha value is -2.28. The Morgan fingerprint density at radius 1 is 0.360 bits per heavy atom. The Bertz CT molecular complexity index is 2750. The van der Waals surface area contributed by atoms with Crippen LogP contribution in [0.3, 0.4) is 0 Å². The number of nitrogens with zero attached hydrogens (tertiary/aromatic N) is 8. The molecule has 0 fully saturated rings. The second-order valence-corrected chi connectivity index (χ2v) is 22.2. The molecule has 0 unspecified atom stereocenters. The average Bonchev–Trinajstić information content (AvgIpc) is 3.74. The van der Waals surface area contributed by atoms with Crippen molar-refractivity contribution in [3.63, 3.8) is 0 Å². The second kappa shape index (κ2) is 11.4. The molecule has 8 nitrogen and oxygen atoms in total. The molecule has 0 saturated carbocycles. The van der Waals surface area contributed by atoms with Gasteiger partial charge in [0.1, 0.15) is 0 Å². The van der Waals surface area contributed by atoms with Crippen LogP contribution in [0.4, 0.5) is 11.6 Å². The Kier molecular flexibility index (Phi) is 7.36. The van der Waals surface area contributed by atoms with Gasteiger partial charge in [0.25, 0.3) is 0 Å². The molecule has 242 valence electrons. The number of amidine groups is 4. The summed E-state index contributed by atoms with van der Waals surface area (Å²) < 4.78 is 3.87. The molecule has 0 amide bonds. The first kappa shape index (κ1) is 32.4. The summed E-state index contributed by atoms with van der Waals surface area (Å²) in [5, 5.41) is 5.12. The van der Waals surface area contributed by atoms with Crippen LogP contribution in [0, 0.1) is 0 Å². The molecule has 0 spiro atoms. The van der Waals surface area contributed by atoms with E-state index < -0.39 is 20.8 Å². The van der Waals surface area contributed by atoms with E-state index in [0.29, 0.717) is 130 Å². The number of hydrogen-bond acceptors (Lipinski definition) is 6. The molecule has 50 heavy (non-hydrogen) atoms. The van der Waals surface area contributed by atoms with Gasteiger partial charge in [-0.05, 0) is 0 Å². The molecule has 6 bridgehead atoms. The zero-order valence-electron chi connectivity index (χ0n) is 24.2. The van der Waals surface area contributed by atoms with E-state index in [4.69, 9.17) is 131 Å². The third-order valence-electron chi connectivity index (χ3n) is 8.78. The van der Waals surface area contributed by atoms with Crippen LogP contribution in [0.5, 0.6) is 0 Å². The van der Waals surface area contributed by atoms with Crippen LogP contribution >= 0.6 is 101 Å². The number of aromatic nitrogens is 2. The van der Waals surface area contributed by atoms with Gasteiger partial charge in [-0.25, -0.2) is 0 Å². The molecule has 6 aromatic rings. The Balaban J connectivity index is 1.49. The van der Waals surface area contributed by atoms with Gasteiger partial charge in [0.05, 0.1) is 0 Å². The zero-order valence-corrected chi connectivity index (χ0v) is 34.3. The number of aliphatic imine (C=N–C) groups is 4. The second-order valence-electron chi connectivity index (χ2n) is 11.6. The van der Waals surface area contributed by atoms with Crippen molar-refractivity contribution < 1.29 is 0 Å². The molecule has 6 heterocycles. The quantitative estimate of drug-likeness (QED) is 0.145. The van der Waals surface area contributed by atoms with Gasteiger partial charge in [0.15, 0.2) is 0 Å². The molecule has 0 saturated heterocycles. The third kappa shape index (κ3) is 4.55. The molecule has 4 aromatic carbocycles. The number of halogens is 9. The first-order chi connectivity index (χ1) is 24.0. The predicted octanol–water partition coefficient (Wildman–Crippen LogP) is 10.4. The number of fused-ring (bicyclic) bond motifs is 14. The molecule has 0 aliphatic carbocycles. The fourth-order valence-corrected chi connectivity index (χ4v) is 15.5. The van der Waals surface area contributed by atoms with Crippen LogP contribution in [0.2, 0.25) is 40.2 Å². The molecular formula is C32H8Cl9InN8. The number of hydrogen-bond donors (Lipinski definition) is 0. The van der Waals surface area contributed by atoms with Crippen LogP contribution in [-0.2, 0) is 0 Å². The molecule has 10 rings (SSSR count). The minimum atomic E-state index is -4.11. The molecule has 4 aliphatic heterocycles. The standard InChI is InChI=1S/C32H8Cl8N8.ClH.In/c33-17-1-9-10(2-18(17)34)26-41-25(9)45-27-11-3-19(35)20(36)4-12(11)29(42-27)47-31-15-7-23(39)24(40)8-16(15)32(44-31)48-30-14-6-22(38)21(37)5-13(14)28(43-30)46-26;;/h1-8H;1H;/q-2;;+3/p-1. The van der Waals surface area contributed by atoms with Crippen molar-refractivity contribution in [2.24, 2.45) is 30.0 Å². The fourth-order valence-electron chi connectivity index (χ4n) is 6.55. The van der Waals surface area contributed by atoms with E-state index in [0.717, 1.165) is 0 Å². The van der Waals surface area contributed by atoms with Crippen molar-refractivity contribution in [3.05, 3.63) is 122 Å². The van der Waals surface area contributed by atoms with E-state index in [1.54, 1.807) is 48.5 Å². The van der Waals surface area contributed by atoms with E-state index in [1.807, 2.05) is 5.11 Å². The molecular weight excluding hydrogens is 930 g/mol. The fraction of sp³-hybridized carbons (Fsp3) is 0. The van der Waals surface area contributed by atoms with Crippen molar-refractivity contribution >= 4 is 179 Å². The van der Waals surface area contributed by atoms with Gasteiger partial charge in [-0.3, -0.25) is 0 Å². The topological polar surface area (TPSA) is 84.0 Å². The summed E-state index contributed by atoms with van der Waals surface area (Å²) in [4.78, 5) is 30.4. The van der Waals surface area contributed by atoms with Gasteiger partial charge in [0, 0.05) is 0 Å².